The van der Waals surface area contributed by atoms with Gasteiger partial charge in [0.05, 0.1) is 0 Å². The number of halogens is 1. The fourth-order valence-electron chi connectivity index (χ4n) is 2.44. The molecule has 3 nitrogen and oxygen atoms in total. The summed E-state index contributed by atoms with van der Waals surface area (Å²) in [4.78, 5) is 12.7. The number of carbonyl (C=O) groups excluding carboxylic acids is 1. The van der Waals surface area contributed by atoms with E-state index in [2.05, 4.69) is 29.8 Å². The average molecular weight is 341 g/mol. The van der Waals surface area contributed by atoms with Gasteiger partial charge < -0.3 is 9.47 Å². The van der Waals surface area contributed by atoms with Crippen LogP contribution < -0.4 is 9.47 Å². The van der Waals surface area contributed by atoms with Crippen LogP contribution in [0.15, 0.2) is 16.6 Å². The second kappa shape index (κ2) is 7.11. The smallest absolute Gasteiger partial charge is 0.167 e. The maximum atomic E-state index is 12.7. The molecule has 1 unspecified atom stereocenters. The van der Waals surface area contributed by atoms with Gasteiger partial charge in [-0.2, -0.15) is 0 Å². The number of hydrogen-bond donors (Lipinski definition) is 0. The summed E-state index contributed by atoms with van der Waals surface area (Å²) in [6.45, 7) is 5.32. The minimum absolute atomic E-state index is 0.0915. The molecule has 0 amide bonds. The first-order chi connectivity index (χ1) is 9.67. The highest BCUT2D eigenvalue weighted by molar-refractivity contribution is 9.10. The van der Waals surface area contributed by atoms with Gasteiger partial charge in [0, 0.05) is 16.0 Å². The summed E-state index contributed by atoms with van der Waals surface area (Å²) >= 11 is 3.49. The Bertz CT molecular complexity index is 485. The fourth-order valence-corrected chi connectivity index (χ4v) is 2.96. The van der Waals surface area contributed by atoms with Crippen molar-refractivity contribution < 1.29 is 14.3 Å². The van der Waals surface area contributed by atoms with E-state index >= 15 is 0 Å². The van der Waals surface area contributed by atoms with E-state index in [0.29, 0.717) is 30.3 Å². The first kappa shape index (κ1) is 15.4. The zero-order valence-electron chi connectivity index (χ0n) is 12.1. The minimum Gasteiger partial charge on any atom is -0.486 e. The molecule has 0 N–H and O–H groups in total. The van der Waals surface area contributed by atoms with Crippen LogP contribution in [0.1, 0.15) is 49.9 Å². The number of ketones is 1. The molecule has 1 aromatic carbocycles. The standard InChI is InChI=1S/C16H21BrO3/c1-3-5-6-11(4-2)16(18)12-9-14-15(10-13(12)17)20-8-7-19-14/h9-11H,3-8H2,1-2H3. The maximum Gasteiger partial charge on any atom is 0.167 e. The van der Waals surface area contributed by atoms with Crippen molar-refractivity contribution >= 4 is 21.7 Å². The van der Waals surface area contributed by atoms with Gasteiger partial charge >= 0.3 is 0 Å². The summed E-state index contributed by atoms with van der Waals surface area (Å²) < 4.78 is 11.9. The monoisotopic (exact) mass is 340 g/mol. The highest BCUT2D eigenvalue weighted by Crippen LogP contribution is 2.37. The molecule has 1 aliphatic heterocycles. The van der Waals surface area contributed by atoms with Crippen molar-refractivity contribution in [1.82, 2.24) is 0 Å². The zero-order valence-corrected chi connectivity index (χ0v) is 13.7. The van der Waals surface area contributed by atoms with E-state index in [4.69, 9.17) is 9.47 Å². The Morgan fingerprint density at radius 1 is 1.25 bits per heavy atom. The third kappa shape index (κ3) is 3.35. The van der Waals surface area contributed by atoms with Gasteiger partial charge in [0.15, 0.2) is 17.3 Å². The molecule has 110 valence electrons. The van der Waals surface area contributed by atoms with Gasteiger partial charge in [-0.25, -0.2) is 0 Å². The number of hydrogen-bond acceptors (Lipinski definition) is 3. The van der Waals surface area contributed by atoms with Crippen LogP contribution in [0.2, 0.25) is 0 Å². The molecule has 1 heterocycles. The maximum absolute atomic E-state index is 12.7. The van der Waals surface area contributed by atoms with Crippen LogP contribution in [0.25, 0.3) is 0 Å². The number of rotatable bonds is 6. The predicted octanol–water partition coefficient (Wildman–Crippen LogP) is 4.62. The van der Waals surface area contributed by atoms with E-state index in [1.165, 1.54) is 0 Å². The molecule has 0 aromatic heterocycles. The Hall–Kier alpha value is -1.03. The summed E-state index contributed by atoms with van der Waals surface area (Å²) in [6, 6.07) is 3.66. The molecular weight excluding hydrogens is 320 g/mol. The lowest BCUT2D eigenvalue weighted by atomic mass is 9.90. The largest absolute Gasteiger partial charge is 0.486 e. The van der Waals surface area contributed by atoms with Gasteiger partial charge in [-0.05, 0) is 40.9 Å². The van der Waals surface area contributed by atoms with Crippen molar-refractivity contribution in [2.45, 2.75) is 39.5 Å². The first-order valence-corrected chi connectivity index (χ1v) is 8.10. The lowest BCUT2D eigenvalue weighted by molar-refractivity contribution is 0.0906. The van der Waals surface area contributed by atoms with Crippen molar-refractivity contribution in [3.63, 3.8) is 0 Å². The molecule has 4 heteroatoms. The number of Topliss-reactive ketones (excluding diaryl/α,β-unsaturated/α-hetero) is 1. The Kier molecular flexibility index (Phi) is 5.46. The lowest BCUT2D eigenvalue weighted by Crippen LogP contribution is -2.18. The summed E-state index contributed by atoms with van der Waals surface area (Å²) in [5, 5.41) is 0. The minimum atomic E-state index is 0.0915. The normalized spacial score (nSPS) is 14.9. The number of fused-ring (bicyclic) bond motifs is 1. The molecule has 1 aliphatic rings. The Morgan fingerprint density at radius 3 is 2.50 bits per heavy atom. The number of carbonyl (C=O) groups is 1. The molecular formula is C16H21BrO3. The van der Waals surface area contributed by atoms with E-state index in [-0.39, 0.29) is 11.7 Å². The third-order valence-electron chi connectivity index (χ3n) is 3.67. The molecule has 2 rings (SSSR count). The van der Waals surface area contributed by atoms with Crippen LogP contribution in [-0.4, -0.2) is 19.0 Å². The van der Waals surface area contributed by atoms with Crippen molar-refractivity contribution in [3.8, 4) is 11.5 Å². The van der Waals surface area contributed by atoms with Gasteiger partial charge in [-0.1, -0.05) is 26.7 Å². The molecule has 0 bridgehead atoms. The summed E-state index contributed by atoms with van der Waals surface area (Å²) in [5.74, 6) is 1.67. The Labute approximate surface area is 128 Å². The topological polar surface area (TPSA) is 35.5 Å². The van der Waals surface area contributed by atoms with E-state index in [9.17, 15) is 4.79 Å². The number of benzene rings is 1. The van der Waals surface area contributed by atoms with Gasteiger partial charge in [0.1, 0.15) is 13.2 Å². The van der Waals surface area contributed by atoms with Gasteiger partial charge in [-0.15, -0.1) is 0 Å². The van der Waals surface area contributed by atoms with Crippen molar-refractivity contribution in [3.05, 3.63) is 22.2 Å². The summed E-state index contributed by atoms with van der Waals surface area (Å²) in [5.41, 5.74) is 0.706. The SMILES string of the molecule is CCCCC(CC)C(=O)c1cc2c(cc1Br)OCCO2. The summed E-state index contributed by atoms with van der Waals surface area (Å²) in [6.07, 6.45) is 4.03. The molecule has 0 radical (unpaired) electrons. The number of ether oxygens (including phenoxy) is 2. The highest BCUT2D eigenvalue weighted by Gasteiger charge is 2.23. The third-order valence-corrected chi connectivity index (χ3v) is 4.32. The van der Waals surface area contributed by atoms with Crippen LogP contribution in [0.3, 0.4) is 0 Å². The Morgan fingerprint density at radius 2 is 1.90 bits per heavy atom. The molecule has 0 aliphatic carbocycles. The van der Waals surface area contributed by atoms with E-state index in [1.54, 1.807) is 0 Å². The van der Waals surface area contributed by atoms with Crippen LogP contribution in [0, 0.1) is 5.92 Å². The van der Waals surface area contributed by atoms with E-state index in [0.717, 1.165) is 30.2 Å². The van der Waals surface area contributed by atoms with E-state index in [1.807, 2.05) is 12.1 Å². The van der Waals surface area contributed by atoms with E-state index < -0.39 is 0 Å². The second-order valence-corrected chi connectivity index (χ2v) is 5.94. The highest BCUT2D eigenvalue weighted by atomic mass is 79.9. The first-order valence-electron chi connectivity index (χ1n) is 7.30. The summed E-state index contributed by atoms with van der Waals surface area (Å²) in [7, 11) is 0. The van der Waals surface area contributed by atoms with Gasteiger partial charge in [-0.3, -0.25) is 4.79 Å². The quantitative estimate of drug-likeness (QED) is 0.709. The average Bonchev–Trinajstić information content (AvgIpc) is 2.47. The van der Waals surface area contributed by atoms with Crippen LogP contribution in [0.4, 0.5) is 0 Å². The lowest BCUT2D eigenvalue weighted by Gasteiger charge is -2.21. The van der Waals surface area contributed by atoms with Gasteiger partial charge in [0.25, 0.3) is 0 Å². The number of unbranched alkanes of at least 4 members (excludes halogenated alkanes) is 1. The molecule has 1 atom stereocenters. The van der Waals surface area contributed by atoms with Gasteiger partial charge in [0.2, 0.25) is 0 Å². The van der Waals surface area contributed by atoms with Crippen molar-refractivity contribution in [2.75, 3.05) is 13.2 Å². The second-order valence-electron chi connectivity index (χ2n) is 5.09. The molecule has 0 spiro atoms. The predicted molar refractivity (Wildman–Crippen MR) is 82.8 cm³/mol. The van der Waals surface area contributed by atoms with Crippen molar-refractivity contribution in [2.24, 2.45) is 5.92 Å². The molecule has 0 saturated heterocycles. The molecule has 1 aromatic rings. The molecule has 0 fully saturated rings. The molecule has 20 heavy (non-hydrogen) atoms. The van der Waals surface area contributed by atoms with Crippen LogP contribution in [-0.2, 0) is 0 Å². The van der Waals surface area contributed by atoms with Crippen LogP contribution in [0.5, 0.6) is 11.5 Å². The van der Waals surface area contributed by atoms with Crippen LogP contribution >= 0.6 is 15.9 Å². The van der Waals surface area contributed by atoms with Crippen molar-refractivity contribution in [1.29, 1.82) is 0 Å². The zero-order chi connectivity index (χ0) is 14.5. The fraction of sp³-hybridized carbons (Fsp3) is 0.562. The molecule has 0 saturated carbocycles. The Balaban J connectivity index is 2.24.